The zero-order chi connectivity index (χ0) is 24.5. The average Bonchev–Trinajstić information content (AvgIpc) is 3.44. The number of rotatable bonds is 10. The number of hydrogen-bond donors (Lipinski definition) is 2. The number of benzene rings is 1. The van der Waals surface area contributed by atoms with Gasteiger partial charge in [-0.25, -0.2) is 0 Å². The van der Waals surface area contributed by atoms with Crippen molar-refractivity contribution in [2.45, 2.75) is 77.0 Å². The van der Waals surface area contributed by atoms with Crippen LogP contribution in [0.2, 0.25) is 0 Å². The number of aryl methyl sites for hydroxylation is 2. The number of likely N-dealkylation sites (tertiary alicyclic amines) is 1. The van der Waals surface area contributed by atoms with E-state index in [4.69, 9.17) is 14.6 Å². The Morgan fingerprint density at radius 3 is 2.74 bits per heavy atom. The fourth-order valence-corrected chi connectivity index (χ4v) is 6.02. The maximum Gasteiger partial charge on any atom is 0.312 e. The largest absolute Gasteiger partial charge is 0.466 e. The third kappa shape index (κ3) is 4.22. The molecule has 0 aliphatic carbocycles. The minimum Gasteiger partial charge on any atom is -0.466 e. The van der Waals surface area contributed by atoms with Crippen molar-refractivity contribution in [3.63, 3.8) is 0 Å². The zero-order valence-corrected chi connectivity index (χ0v) is 20.3. The van der Waals surface area contributed by atoms with Crippen LogP contribution in [0.1, 0.15) is 56.6 Å². The number of aliphatic hydroxyl groups excluding tert-OH is 1. The van der Waals surface area contributed by atoms with Gasteiger partial charge in [0.25, 0.3) is 0 Å². The minimum atomic E-state index is -1.01. The molecular weight excluding hydrogens is 436 g/mol. The zero-order valence-electron chi connectivity index (χ0n) is 20.3. The Balaban J connectivity index is 1.63. The molecule has 2 bridgehead atoms. The van der Waals surface area contributed by atoms with Gasteiger partial charge in [-0.1, -0.05) is 25.0 Å². The molecule has 186 valence electrons. The highest BCUT2D eigenvalue weighted by atomic mass is 16.6. The normalized spacial score (nSPS) is 29.4. The molecule has 0 aromatic heterocycles. The first-order valence-corrected chi connectivity index (χ1v) is 12.5. The number of hydrogen-bond acceptors (Lipinski definition) is 6. The highest BCUT2D eigenvalue weighted by Crippen LogP contribution is 2.58. The third-order valence-corrected chi connectivity index (χ3v) is 7.57. The molecule has 0 radical (unpaired) electrons. The Bertz CT molecular complexity index is 949. The maximum atomic E-state index is 13.8. The van der Waals surface area contributed by atoms with E-state index in [2.05, 4.69) is 5.32 Å². The molecule has 8 heteroatoms. The number of ether oxygens (including phenoxy) is 2. The van der Waals surface area contributed by atoms with Crippen molar-refractivity contribution >= 4 is 23.5 Å². The molecule has 2 amide bonds. The third-order valence-electron chi connectivity index (χ3n) is 7.57. The highest BCUT2D eigenvalue weighted by molar-refractivity contribution is 6.03. The van der Waals surface area contributed by atoms with E-state index in [1.54, 1.807) is 11.8 Å². The fourth-order valence-electron chi connectivity index (χ4n) is 6.02. The first-order valence-electron chi connectivity index (χ1n) is 12.5. The lowest BCUT2D eigenvalue weighted by atomic mass is 9.70. The molecule has 3 heterocycles. The summed E-state index contributed by atoms with van der Waals surface area (Å²) in [6.45, 7) is 6.44. The van der Waals surface area contributed by atoms with Crippen molar-refractivity contribution in [2.75, 3.05) is 25.1 Å². The number of nitrogens with zero attached hydrogens (tertiary/aromatic N) is 1. The van der Waals surface area contributed by atoms with Crippen LogP contribution in [0.15, 0.2) is 18.2 Å². The Morgan fingerprint density at radius 2 is 2.00 bits per heavy atom. The Morgan fingerprint density at radius 1 is 1.24 bits per heavy atom. The summed E-state index contributed by atoms with van der Waals surface area (Å²) in [5.74, 6) is -2.24. The second-order valence-electron chi connectivity index (χ2n) is 9.79. The summed E-state index contributed by atoms with van der Waals surface area (Å²) in [7, 11) is 0. The molecule has 1 spiro atoms. The molecule has 0 saturated carbocycles. The predicted molar refractivity (Wildman–Crippen MR) is 126 cm³/mol. The van der Waals surface area contributed by atoms with E-state index in [-0.39, 0.29) is 25.0 Å². The van der Waals surface area contributed by atoms with E-state index in [1.165, 1.54) is 0 Å². The van der Waals surface area contributed by atoms with Crippen molar-refractivity contribution in [3.05, 3.63) is 29.3 Å². The van der Waals surface area contributed by atoms with Gasteiger partial charge in [0.1, 0.15) is 11.6 Å². The second-order valence-corrected chi connectivity index (χ2v) is 9.79. The van der Waals surface area contributed by atoms with Crippen molar-refractivity contribution in [1.29, 1.82) is 0 Å². The van der Waals surface area contributed by atoms with Crippen molar-refractivity contribution in [3.8, 4) is 0 Å². The molecule has 1 aromatic rings. The van der Waals surface area contributed by atoms with E-state index in [0.29, 0.717) is 25.8 Å². The van der Waals surface area contributed by atoms with Crippen LogP contribution in [0.3, 0.4) is 0 Å². The van der Waals surface area contributed by atoms with Gasteiger partial charge in [-0.15, -0.1) is 0 Å². The summed E-state index contributed by atoms with van der Waals surface area (Å²) >= 11 is 0. The van der Waals surface area contributed by atoms with Crippen molar-refractivity contribution in [1.82, 2.24) is 4.90 Å². The molecule has 8 nitrogen and oxygen atoms in total. The summed E-state index contributed by atoms with van der Waals surface area (Å²) < 4.78 is 11.7. The SMILES string of the molecule is CCOC(=O)[C@@H]1[C@H]2C(=O)N(CCCCCCO)[C@H](C(=O)Nc3cc(C)ccc3C)[C@]23CC[C@H]1O3. The van der Waals surface area contributed by atoms with Gasteiger partial charge in [0, 0.05) is 18.8 Å². The number of anilines is 1. The van der Waals surface area contributed by atoms with Gasteiger partial charge in [-0.2, -0.15) is 0 Å². The van der Waals surface area contributed by atoms with Gasteiger partial charge in [-0.3, -0.25) is 14.4 Å². The average molecular weight is 473 g/mol. The maximum absolute atomic E-state index is 13.8. The number of fused-ring (bicyclic) bond motifs is 1. The number of esters is 1. The van der Waals surface area contributed by atoms with Crippen LogP contribution in [0.4, 0.5) is 5.69 Å². The Kier molecular flexibility index (Phi) is 7.28. The topological polar surface area (TPSA) is 105 Å². The summed E-state index contributed by atoms with van der Waals surface area (Å²) in [5, 5.41) is 12.1. The molecule has 34 heavy (non-hydrogen) atoms. The van der Waals surface area contributed by atoms with Crippen molar-refractivity contribution in [2.24, 2.45) is 11.8 Å². The van der Waals surface area contributed by atoms with Gasteiger partial charge in [0.15, 0.2) is 0 Å². The monoisotopic (exact) mass is 472 g/mol. The number of aliphatic hydroxyl groups is 1. The lowest BCUT2D eigenvalue weighted by Gasteiger charge is -2.33. The van der Waals surface area contributed by atoms with Crippen LogP contribution in [-0.4, -0.2) is 65.3 Å². The molecule has 3 aliphatic heterocycles. The number of nitrogens with one attached hydrogen (secondary N) is 1. The number of carbonyl (C=O) groups is 3. The predicted octanol–water partition coefficient (Wildman–Crippen LogP) is 2.73. The smallest absolute Gasteiger partial charge is 0.312 e. The van der Waals surface area contributed by atoms with E-state index >= 15 is 0 Å². The van der Waals surface area contributed by atoms with Crippen molar-refractivity contribution < 1.29 is 29.0 Å². The van der Waals surface area contributed by atoms with E-state index in [9.17, 15) is 14.4 Å². The van der Waals surface area contributed by atoms with Gasteiger partial charge in [0.05, 0.1) is 24.5 Å². The van der Waals surface area contributed by atoms with Gasteiger partial charge >= 0.3 is 5.97 Å². The van der Waals surface area contributed by atoms with Crippen LogP contribution in [-0.2, 0) is 23.9 Å². The van der Waals surface area contributed by atoms with Gasteiger partial charge in [0.2, 0.25) is 11.8 Å². The second kappa shape index (κ2) is 10.0. The summed E-state index contributed by atoms with van der Waals surface area (Å²) in [4.78, 5) is 41.9. The first kappa shape index (κ1) is 24.7. The van der Waals surface area contributed by atoms with Crippen LogP contribution in [0, 0.1) is 25.7 Å². The molecular formula is C26H36N2O6. The first-order chi connectivity index (χ1) is 16.3. The van der Waals surface area contributed by atoms with E-state index in [0.717, 1.165) is 36.1 Å². The lowest BCUT2D eigenvalue weighted by Crippen LogP contribution is -2.53. The summed E-state index contributed by atoms with van der Waals surface area (Å²) in [6.07, 6.45) is 3.94. The van der Waals surface area contributed by atoms with Gasteiger partial charge < -0.3 is 24.8 Å². The number of unbranched alkanes of at least 4 members (excludes halogenated alkanes) is 3. The number of amides is 2. The quantitative estimate of drug-likeness (QED) is 0.401. The van der Waals surface area contributed by atoms with Crippen LogP contribution < -0.4 is 5.32 Å². The summed E-state index contributed by atoms with van der Waals surface area (Å²) in [6, 6.07) is 5.07. The standard InChI is InChI=1S/C26H36N2O6/c1-4-33-25(32)20-19-11-12-26(34-19)21(20)24(31)28(13-7-5-6-8-14-29)22(26)23(30)27-18-15-16(2)9-10-17(18)3/h9-10,15,19-22,29H,4-8,11-14H2,1-3H3,(H,27,30)/t19-,20+,21+,22-,26+/m1/s1. The molecule has 1 aromatic carbocycles. The molecule has 0 unspecified atom stereocenters. The summed E-state index contributed by atoms with van der Waals surface area (Å²) in [5.41, 5.74) is 1.68. The Hall–Kier alpha value is -2.45. The molecule has 3 fully saturated rings. The fraction of sp³-hybridized carbons (Fsp3) is 0.654. The molecule has 2 N–H and O–H groups in total. The molecule has 5 atom stereocenters. The highest BCUT2D eigenvalue weighted by Gasteiger charge is 2.74. The lowest BCUT2D eigenvalue weighted by molar-refractivity contribution is -0.154. The molecule has 4 rings (SSSR count). The van der Waals surface area contributed by atoms with Crippen LogP contribution in [0.5, 0.6) is 0 Å². The van der Waals surface area contributed by atoms with E-state index < -0.39 is 35.6 Å². The number of carbonyl (C=O) groups excluding carboxylic acids is 3. The molecule has 3 saturated heterocycles. The Labute approximate surface area is 201 Å². The van der Waals surface area contributed by atoms with Crippen LogP contribution in [0.25, 0.3) is 0 Å². The minimum absolute atomic E-state index is 0.144. The molecule has 3 aliphatic rings. The van der Waals surface area contributed by atoms with Gasteiger partial charge in [-0.05, 0) is 63.6 Å². The van der Waals surface area contributed by atoms with Crippen LogP contribution >= 0.6 is 0 Å². The van der Waals surface area contributed by atoms with E-state index in [1.807, 2.05) is 32.0 Å².